The normalized spacial score (nSPS) is 10.1. The fraction of sp³-hybridized carbons (Fsp3) is 0. The molecule has 0 aliphatic carbocycles. The molecule has 0 saturated heterocycles. The molecular formula is C12H8BrFN2OS. The maximum atomic E-state index is 13.3. The fourth-order valence-corrected chi connectivity index (χ4v) is 1.75. The second-order valence-electron chi connectivity index (χ2n) is 3.41. The van der Waals surface area contributed by atoms with Crippen molar-refractivity contribution in [2.45, 2.75) is 0 Å². The van der Waals surface area contributed by atoms with E-state index in [1.165, 1.54) is 12.3 Å². The number of nitrogens with two attached hydrogens (primary N) is 1. The minimum Gasteiger partial charge on any atom is -0.455 e. The van der Waals surface area contributed by atoms with E-state index in [0.717, 1.165) is 0 Å². The fourth-order valence-electron chi connectivity index (χ4n) is 1.33. The summed E-state index contributed by atoms with van der Waals surface area (Å²) in [5.41, 5.74) is 6.12. The molecule has 0 bridgehead atoms. The van der Waals surface area contributed by atoms with E-state index in [1.54, 1.807) is 24.4 Å². The largest absolute Gasteiger partial charge is 0.455 e. The van der Waals surface area contributed by atoms with Crippen LogP contribution in [0.5, 0.6) is 11.5 Å². The summed E-state index contributed by atoms with van der Waals surface area (Å²) in [6, 6.07) is 6.10. The number of rotatable bonds is 3. The van der Waals surface area contributed by atoms with Gasteiger partial charge in [0.2, 0.25) is 0 Å². The Kier molecular flexibility index (Phi) is 3.88. The first-order chi connectivity index (χ1) is 8.58. The molecule has 18 heavy (non-hydrogen) atoms. The molecule has 3 nitrogen and oxygen atoms in total. The smallest absolute Gasteiger partial charge is 0.155 e. The first-order valence-corrected chi connectivity index (χ1v) is 6.15. The van der Waals surface area contributed by atoms with Crippen molar-refractivity contribution >= 4 is 33.1 Å². The molecule has 2 aromatic rings. The van der Waals surface area contributed by atoms with Gasteiger partial charge < -0.3 is 10.5 Å². The summed E-state index contributed by atoms with van der Waals surface area (Å²) in [6.07, 6.45) is 3.04. The Hall–Kier alpha value is -1.53. The van der Waals surface area contributed by atoms with Crippen molar-refractivity contribution in [1.29, 1.82) is 0 Å². The maximum absolute atomic E-state index is 13.3. The Morgan fingerprint density at radius 2 is 2.17 bits per heavy atom. The lowest BCUT2D eigenvalue weighted by molar-refractivity contribution is 0.473. The lowest BCUT2D eigenvalue weighted by atomic mass is 10.2. The number of benzene rings is 1. The third kappa shape index (κ3) is 2.83. The maximum Gasteiger partial charge on any atom is 0.155 e. The van der Waals surface area contributed by atoms with Crippen LogP contribution >= 0.6 is 28.1 Å². The number of halogens is 2. The van der Waals surface area contributed by atoms with Crippen LogP contribution in [-0.4, -0.2) is 9.97 Å². The molecule has 1 aromatic carbocycles. The number of nitrogens with zero attached hydrogens (tertiary/aromatic N) is 1. The summed E-state index contributed by atoms with van der Waals surface area (Å²) in [7, 11) is 0. The van der Waals surface area contributed by atoms with E-state index in [-0.39, 0.29) is 4.99 Å². The molecule has 0 fully saturated rings. The van der Waals surface area contributed by atoms with Crippen molar-refractivity contribution < 1.29 is 9.13 Å². The highest BCUT2D eigenvalue weighted by molar-refractivity contribution is 9.10. The zero-order valence-electron chi connectivity index (χ0n) is 9.06. The molecule has 2 N–H and O–H groups in total. The van der Waals surface area contributed by atoms with Gasteiger partial charge in [0.25, 0.3) is 0 Å². The molecule has 92 valence electrons. The monoisotopic (exact) mass is 326 g/mol. The summed E-state index contributed by atoms with van der Waals surface area (Å²) in [6.45, 7) is 0. The highest BCUT2D eigenvalue weighted by Crippen LogP contribution is 2.27. The van der Waals surface area contributed by atoms with E-state index >= 15 is 0 Å². The summed E-state index contributed by atoms with van der Waals surface area (Å²) in [5, 5.41) is 0. The van der Waals surface area contributed by atoms with Crippen molar-refractivity contribution in [2.24, 2.45) is 5.73 Å². The van der Waals surface area contributed by atoms with E-state index in [1.807, 2.05) is 0 Å². The van der Waals surface area contributed by atoms with Gasteiger partial charge in [0, 0.05) is 12.3 Å². The van der Waals surface area contributed by atoms with Gasteiger partial charge in [-0.1, -0.05) is 12.2 Å². The van der Waals surface area contributed by atoms with Crippen LogP contribution in [0.25, 0.3) is 0 Å². The van der Waals surface area contributed by atoms with Gasteiger partial charge in [-0.05, 0) is 34.1 Å². The molecule has 1 heterocycles. The van der Waals surface area contributed by atoms with Crippen molar-refractivity contribution in [3.63, 3.8) is 0 Å². The number of thiocarbonyl (C=S) groups is 1. The zero-order valence-corrected chi connectivity index (χ0v) is 11.5. The summed E-state index contributed by atoms with van der Waals surface area (Å²) in [5.74, 6) is 0.334. The van der Waals surface area contributed by atoms with Crippen molar-refractivity contribution in [2.75, 3.05) is 0 Å². The zero-order chi connectivity index (χ0) is 13.1. The molecular weight excluding hydrogens is 319 g/mol. The van der Waals surface area contributed by atoms with Crippen LogP contribution in [0, 0.1) is 5.82 Å². The Labute approximate surface area is 117 Å². The molecule has 6 heteroatoms. The minimum atomic E-state index is -0.409. The van der Waals surface area contributed by atoms with Crippen molar-refractivity contribution in [3.8, 4) is 11.5 Å². The van der Waals surface area contributed by atoms with Crippen LogP contribution in [0.3, 0.4) is 0 Å². The lowest BCUT2D eigenvalue weighted by Gasteiger charge is -2.09. The summed E-state index contributed by atoms with van der Waals surface area (Å²) < 4.78 is 19.2. The lowest BCUT2D eigenvalue weighted by Crippen LogP contribution is -2.10. The van der Waals surface area contributed by atoms with E-state index < -0.39 is 5.82 Å². The van der Waals surface area contributed by atoms with Gasteiger partial charge in [0.1, 0.15) is 16.6 Å². The summed E-state index contributed by atoms with van der Waals surface area (Å²) >= 11 is 7.97. The molecule has 1 aromatic heterocycles. The number of hydrogen-bond donors (Lipinski definition) is 1. The van der Waals surface area contributed by atoms with E-state index in [2.05, 4.69) is 20.9 Å². The van der Waals surface area contributed by atoms with Crippen molar-refractivity contribution in [1.82, 2.24) is 4.98 Å². The third-order valence-corrected chi connectivity index (χ3v) is 3.03. The minimum absolute atomic E-state index is 0.199. The van der Waals surface area contributed by atoms with Gasteiger partial charge in [0.15, 0.2) is 5.75 Å². The Morgan fingerprint density at radius 1 is 1.39 bits per heavy atom. The van der Waals surface area contributed by atoms with Gasteiger partial charge >= 0.3 is 0 Å². The molecule has 0 atom stereocenters. The Bertz CT molecular complexity index is 606. The van der Waals surface area contributed by atoms with Crippen LogP contribution < -0.4 is 10.5 Å². The highest BCUT2D eigenvalue weighted by Gasteiger charge is 2.08. The second-order valence-corrected chi connectivity index (χ2v) is 4.71. The standard InChI is InChI=1S/C12H8BrFN2OS/c13-9-2-1-7(5-10(9)14)17-11-6-16-4-3-8(11)12(15)18/h1-6H,(H2,15,18). The first-order valence-electron chi connectivity index (χ1n) is 4.94. The molecule has 2 rings (SSSR count). The second kappa shape index (κ2) is 5.41. The van der Waals surface area contributed by atoms with E-state index in [9.17, 15) is 4.39 Å². The molecule has 0 saturated carbocycles. The molecule has 0 unspecified atom stereocenters. The van der Waals surface area contributed by atoms with Gasteiger partial charge in [-0.25, -0.2) is 4.39 Å². The van der Waals surface area contributed by atoms with Crippen molar-refractivity contribution in [3.05, 3.63) is 52.5 Å². The van der Waals surface area contributed by atoms with E-state index in [4.69, 9.17) is 22.7 Å². The van der Waals surface area contributed by atoms with Crippen LogP contribution in [0.1, 0.15) is 5.56 Å². The van der Waals surface area contributed by atoms with Gasteiger partial charge in [-0.2, -0.15) is 0 Å². The highest BCUT2D eigenvalue weighted by atomic mass is 79.9. The van der Waals surface area contributed by atoms with Crippen LogP contribution in [-0.2, 0) is 0 Å². The predicted molar refractivity (Wildman–Crippen MR) is 74.3 cm³/mol. The van der Waals surface area contributed by atoms with Crippen LogP contribution in [0.2, 0.25) is 0 Å². The number of ether oxygens (including phenoxy) is 1. The first kappa shape index (κ1) is 12.9. The molecule has 0 amide bonds. The number of pyridine rings is 1. The average Bonchev–Trinajstić information content (AvgIpc) is 2.34. The molecule has 0 aliphatic heterocycles. The Morgan fingerprint density at radius 3 is 2.83 bits per heavy atom. The SMILES string of the molecule is NC(=S)c1ccncc1Oc1ccc(Br)c(F)c1. The number of hydrogen-bond acceptors (Lipinski definition) is 3. The van der Waals surface area contributed by atoms with Crippen LogP contribution in [0.4, 0.5) is 4.39 Å². The summed E-state index contributed by atoms with van der Waals surface area (Å²) in [4.78, 5) is 4.12. The Balaban J connectivity index is 2.34. The van der Waals surface area contributed by atoms with Gasteiger partial charge in [-0.15, -0.1) is 0 Å². The van der Waals surface area contributed by atoms with Gasteiger partial charge in [-0.3, -0.25) is 4.98 Å². The third-order valence-electron chi connectivity index (χ3n) is 2.17. The average molecular weight is 327 g/mol. The topological polar surface area (TPSA) is 48.1 Å². The van der Waals surface area contributed by atoms with E-state index in [0.29, 0.717) is 21.5 Å². The van der Waals surface area contributed by atoms with Crippen LogP contribution in [0.15, 0.2) is 41.1 Å². The molecule has 0 spiro atoms. The predicted octanol–water partition coefficient (Wildman–Crippen LogP) is 3.41. The molecule has 0 radical (unpaired) electrons. The van der Waals surface area contributed by atoms with Gasteiger partial charge in [0.05, 0.1) is 16.2 Å². The quantitative estimate of drug-likeness (QED) is 0.878. The number of aromatic nitrogens is 1. The molecule has 0 aliphatic rings.